The second-order valence-electron chi connectivity index (χ2n) is 9.21. The minimum atomic E-state index is -4.50. The number of pyridine rings is 1. The lowest BCUT2D eigenvalue weighted by Gasteiger charge is -2.29. The largest absolute Gasteiger partial charge is 0.497 e. The average molecular weight is 553 g/mol. The van der Waals surface area contributed by atoms with Gasteiger partial charge in [0.1, 0.15) is 11.5 Å². The van der Waals surface area contributed by atoms with Crippen molar-refractivity contribution in [3.05, 3.63) is 101 Å². The molecule has 1 aliphatic rings. The molecule has 1 N–H and O–H groups in total. The molecule has 10 heteroatoms. The Hall–Kier alpha value is -4.05. The van der Waals surface area contributed by atoms with Crippen molar-refractivity contribution in [1.82, 2.24) is 14.9 Å². The van der Waals surface area contributed by atoms with E-state index in [0.717, 1.165) is 17.3 Å². The Morgan fingerprint density at radius 2 is 1.67 bits per heavy atom. The third kappa shape index (κ3) is 4.69. The highest BCUT2D eigenvalue weighted by atomic mass is 32.1. The number of benzene rings is 2. The summed E-state index contributed by atoms with van der Waals surface area (Å²) in [4.78, 5) is 6.52. The highest BCUT2D eigenvalue weighted by molar-refractivity contribution is 7.80. The fourth-order valence-electron chi connectivity index (χ4n) is 5.28. The molecule has 0 spiro atoms. The number of halogens is 3. The summed E-state index contributed by atoms with van der Waals surface area (Å²) in [7, 11) is 3.14. The molecule has 5 rings (SSSR count). The quantitative estimate of drug-likeness (QED) is 0.269. The normalized spacial score (nSPS) is 17.3. The molecule has 2 aromatic heterocycles. The van der Waals surface area contributed by atoms with Gasteiger partial charge in [-0.05, 0) is 74.1 Å². The van der Waals surface area contributed by atoms with Gasteiger partial charge in [0.05, 0.1) is 48.9 Å². The summed E-state index contributed by atoms with van der Waals surface area (Å²) in [5.41, 5.74) is 2.96. The number of thiocarbonyl (C=S) groups is 1. The van der Waals surface area contributed by atoms with E-state index < -0.39 is 17.8 Å². The topological polar surface area (TPSA) is 51.5 Å². The van der Waals surface area contributed by atoms with Crippen LogP contribution in [0.4, 0.5) is 18.9 Å². The number of hydrogen-bond donors (Lipinski definition) is 1. The molecule has 0 saturated carbocycles. The Balaban J connectivity index is 1.72. The molecule has 39 heavy (non-hydrogen) atoms. The molecule has 0 unspecified atom stereocenters. The van der Waals surface area contributed by atoms with Crippen LogP contribution in [0.5, 0.6) is 11.5 Å². The monoisotopic (exact) mass is 552 g/mol. The van der Waals surface area contributed by atoms with Crippen LogP contribution in [0.15, 0.2) is 72.9 Å². The van der Waals surface area contributed by atoms with Crippen LogP contribution < -0.4 is 19.7 Å². The first-order chi connectivity index (χ1) is 18.7. The number of nitrogens with one attached hydrogen (secondary N) is 1. The van der Waals surface area contributed by atoms with Crippen molar-refractivity contribution in [3.8, 4) is 17.2 Å². The first-order valence-electron chi connectivity index (χ1n) is 12.2. The zero-order chi connectivity index (χ0) is 27.9. The van der Waals surface area contributed by atoms with E-state index in [9.17, 15) is 13.2 Å². The van der Waals surface area contributed by atoms with Crippen LogP contribution in [0.1, 0.15) is 40.3 Å². The smallest absolute Gasteiger partial charge is 0.418 e. The van der Waals surface area contributed by atoms with Crippen molar-refractivity contribution in [2.45, 2.75) is 32.1 Å². The van der Waals surface area contributed by atoms with Crippen LogP contribution in [-0.2, 0) is 6.18 Å². The second kappa shape index (κ2) is 10.3. The minimum Gasteiger partial charge on any atom is -0.497 e. The predicted octanol–water partition coefficient (Wildman–Crippen LogP) is 6.70. The SMILES string of the molecule is COc1ccc(N2C(=S)N[C@@H](c3ccccn3)[C@H]2c2cc(C)n(-c3ccccc3C(F)(F)F)c2C)c(OC)c1. The predicted molar refractivity (Wildman–Crippen MR) is 148 cm³/mol. The van der Waals surface area contributed by atoms with Crippen LogP contribution >= 0.6 is 12.2 Å². The number of rotatable bonds is 6. The van der Waals surface area contributed by atoms with Crippen molar-refractivity contribution in [3.63, 3.8) is 0 Å². The van der Waals surface area contributed by atoms with Gasteiger partial charge in [-0.2, -0.15) is 13.2 Å². The summed E-state index contributed by atoms with van der Waals surface area (Å²) in [5, 5.41) is 3.84. The number of hydrogen-bond acceptors (Lipinski definition) is 4. The molecule has 2 atom stereocenters. The Bertz CT molecular complexity index is 1520. The summed E-state index contributed by atoms with van der Waals surface area (Å²) in [5.74, 6) is 1.16. The molecule has 1 saturated heterocycles. The molecule has 202 valence electrons. The summed E-state index contributed by atoms with van der Waals surface area (Å²) < 4.78 is 54.7. The van der Waals surface area contributed by atoms with Crippen LogP contribution in [0.3, 0.4) is 0 Å². The number of methoxy groups -OCH3 is 2. The van der Waals surface area contributed by atoms with Gasteiger partial charge in [0.25, 0.3) is 0 Å². The van der Waals surface area contributed by atoms with E-state index in [2.05, 4.69) is 10.3 Å². The van der Waals surface area contributed by atoms with Gasteiger partial charge in [-0.15, -0.1) is 0 Å². The fraction of sp³-hybridized carbons (Fsp3) is 0.241. The molecule has 1 aliphatic heterocycles. The van der Waals surface area contributed by atoms with Gasteiger partial charge >= 0.3 is 6.18 Å². The van der Waals surface area contributed by atoms with Crippen molar-refractivity contribution in [2.24, 2.45) is 0 Å². The van der Waals surface area contributed by atoms with Gasteiger partial charge in [-0.1, -0.05) is 18.2 Å². The van der Waals surface area contributed by atoms with Gasteiger partial charge in [0, 0.05) is 23.7 Å². The Labute approximate surface area is 230 Å². The van der Waals surface area contributed by atoms with E-state index in [0.29, 0.717) is 33.7 Å². The van der Waals surface area contributed by atoms with Gasteiger partial charge in [-0.25, -0.2) is 0 Å². The molecule has 1 fully saturated rings. The number of ether oxygens (including phenoxy) is 2. The molecular weight excluding hydrogens is 525 g/mol. The molecule has 0 aliphatic carbocycles. The molecule has 2 aromatic carbocycles. The van der Waals surface area contributed by atoms with Crippen LogP contribution in [-0.4, -0.2) is 28.9 Å². The van der Waals surface area contributed by atoms with Crippen molar-refractivity contribution in [2.75, 3.05) is 19.1 Å². The number of para-hydroxylation sites is 1. The van der Waals surface area contributed by atoms with Crippen molar-refractivity contribution in [1.29, 1.82) is 0 Å². The molecule has 3 heterocycles. The zero-order valence-corrected chi connectivity index (χ0v) is 22.6. The van der Waals surface area contributed by atoms with Gasteiger partial charge in [0.15, 0.2) is 5.11 Å². The first-order valence-corrected chi connectivity index (χ1v) is 12.6. The zero-order valence-electron chi connectivity index (χ0n) is 21.8. The lowest BCUT2D eigenvalue weighted by atomic mass is 9.96. The van der Waals surface area contributed by atoms with Crippen LogP contribution in [0.2, 0.25) is 0 Å². The third-order valence-electron chi connectivity index (χ3n) is 6.98. The Kier molecular flexibility index (Phi) is 6.98. The minimum absolute atomic E-state index is 0.0720. The number of alkyl halides is 3. The van der Waals surface area contributed by atoms with E-state index in [4.69, 9.17) is 21.7 Å². The Morgan fingerprint density at radius 3 is 2.33 bits per heavy atom. The van der Waals surface area contributed by atoms with E-state index in [1.807, 2.05) is 48.2 Å². The maximum Gasteiger partial charge on any atom is 0.418 e. The molecule has 6 nitrogen and oxygen atoms in total. The first kappa shape index (κ1) is 26.6. The highest BCUT2D eigenvalue weighted by Gasteiger charge is 2.43. The highest BCUT2D eigenvalue weighted by Crippen LogP contribution is 2.47. The summed E-state index contributed by atoms with van der Waals surface area (Å²) in [6, 6.07) is 17.8. The van der Waals surface area contributed by atoms with Crippen molar-refractivity contribution < 1.29 is 22.6 Å². The molecular formula is C29H27F3N4O2S. The fourth-order valence-corrected chi connectivity index (χ4v) is 5.62. The van der Waals surface area contributed by atoms with Crippen LogP contribution in [0.25, 0.3) is 5.69 Å². The summed E-state index contributed by atoms with van der Waals surface area (Å²) in [6.45, 7) is 3.63. The molecule has 4 aromatic rings. The lowest BCUT2D eigenvalue weighted by molar-refractivity contribution is -0.137. The van der Waals surface area contributed by atoms with Crippen LogP contribution in [0, 0.1) is 13.8 Å². The number of aryl methyl sites for hydroxylation is 1. The number of anilines is 1. The van der Waals surface area contributed by atoms with Gasteiger partial charge < -0.3 is 24.3 Å². The summed E-state index contributed by atoms with van der Waals surface area (Å²) >= 11 is 5.84. The third-order valence-corrected chi connectivity index (χ3v) is 7.30. The second-order valence-corrected chi connectivity index (χ2v) is 9.60. The lowest BCUT2D eigenvalue weighted by Crippen LogP contribution is -2.30. The number of aromatic nitrogens is 2. The van der Waals surface area contributed by atoms with Crippen molar-refractivity contribution >= 4 is 23.0 Å². The van der Waals surface area contributed by atoms with Gasteiger partial charge in [0.2, 0.25) is 0 Å². The summed E-state index contributed by atoms with van der Waals surface area (Å²) in [6.07, 6.45) is -2.80. The van der Waals surface area contributed by atoms with E-state index in [1.54, 1.807) is 44.0 Å². The molecule has 0 bridgehead atoms. The standard InChI is InChI=1S/C29H27F3N4O2S/c1-17-15-20(18(2)35(17)23-11-6-5-9-21(23)29(30,31)32)27-26(22-10-7-8-14-33-22)34-28(39)36(27)24-13-12-19(37-3)16-25(24)38-4/h5-16,26-27H,1-4H3,(H,34,39)/t26-,27+/m0/s1. The average Bonchev–Trinajstić information content (AvgIpc) is 3.42. The molecule has 0 radical (unpaired) electrons. The Morgan fingerprint density at radius 1 is 0.923 bits per heavy atom. The van der Waals surface area contributed by atoms with E-state index in [1.165, 1.54) is 12.1 Å². The van der Waals surface area contributed by atoms with E-state index >= 15 is 0 Å². The molecule has 0 amide bonds. The maximum absolute atomic E-state index is 14.0. The van der Waals surface area contributed by atoms with E-state index in [-0.39, 0.29) is 11.7 Å². The number of nitrogens with zero attached hydrogens (tertiary/aromatic N) is 3. The maximum atomic E-state index is 14.0. The van der Waals surface area contributed by atoms with Gasteiger partial charge in [-0.3, -0.25) is 4.98 Å².